The first-order valence-corrected chi connectivity index (χ1v) is 5.90. The third kappa shape index (κ3) is 2.19. The molecular formula is C14H15NO2. The minimum atomic E-state index is 0.819. The van der Waals surface area contributed by atoms with Crippen LogP contribution in [0, 0.1) is 0 Å². The van der Waals surface area contributed by atoms with Gasteiger partial charge in [0.1, 0.15) is 5.76 Å². The Labute approximate surface area is 101 Å². The maximum atomic E-state index is 5.37. The fourth-order valence-corrected chi connectivity index (χ4v) is 2.10. The Morgan fingerprint density at radius 1 is 0.941 bits per heavy atom. The molecule has 0 amide bonds. The largest absolute Gasteiger partial charge is 0.464 e. The first-order chi connectivity index (χ1) is 8.43. The van der Waals surface area contributed by atoms with Gasteiger partial charge in [-0.1, -0.05) is 0 Å². The van der Waals surface area contributed by atoms with Gasteiger partial charge in [0, 0.05) is 24.3 Å². The molecule has 1 aromatic carbocycles. The van der Waals surface area contributed by atoms with Gasteiger partial charge in [-0.3, -0.25) is 0 Å². The molecule has 0 saturated carbocycles. The number of anilines is 1. The van der Waals surface area contributed by atoms with Gasteiger partial charge in [0.2, 0.25) is 0 Å². The third-order valence-corrected chi connectivity index (χ3v) is 3.05. The standard InChI is InChI=1S/C14H15NO2/c1-2-14(17-9-1)12-3-5-13(6-4-12)15-7-10-16-11-8-15/h1-6,9H,7-8,10-11H2. The van der Waals surface area contributed by atoms with Crippen LogP contribution in [0.15, 0.2) is 47.1 Å². The molecule has 0 bridgehead atoms. The molecular weight excluding hydrogens is 214 g/mol. The predicted molar refractivity (Wildman–Crippen MR) is 67.2 cm³/mol. The Morgan fingerprint density at radius 2 is 1.71 bits per heavy atom. The van der Waals surface area contributed by atoms with E-state index in [0.717, 1.165) is 37.6 Å². The summed E-state index contributed by atoms with van der Waals surface area (Å²) >= 11 is 0. The lowest BCUT2D eigenvalue weighted by atomic mass is 10.1. The Balaban J connectivity index is 1.80. The van der Waals surface area contributed by atoms with Gasteiger partial charge in [-0.05, 0) is 36.4 Å². The van der Waals surface area contributed by atoms with Crippen molar-refractivity contribution in [2.75, 3.05) is 31.2 Å². The van der Waals surface area contributed by atoms with Crippen molar-refractivity contribution in [3.8, 4) is 11.3 Å². The summed E-state index contributed by atoms with van der Waals surface area (Å²) in [5.41, 5.74) is 2.37. The maximum absolute atomic E-state index is 5.37. The molecule has 1 aliphatic rings. The normalized spacial score (nSPS) is 16.1. The minimum Gasteiger partial charge on any atom is -0.464 e. The molecule has 2 aromatic rings. The highest BCUT2D eigenvalue weighted by Crippen LogP contribution is 2.23. The molecule has 1 aromatic heterocycles. The molecule has 2 heterocycles. The van der Waals surface area contributed by atoms with Gasteiger partial charge < -0.3 is 14.1 Å². The van der Waals surface area contributed by atoms with E-state index < -0.39 is 0 Å². The van der Waals surface area contributed by atoms with Gasteiger partial charge in [-0.2, -0.15) is 0 Å². The maximum Gasteiger partial charge on any atom is 0.133 e. The van der Waals surface area contributed by atoms with Gasteiger partial charge in [0.25, 0.3) is 0 Å². The number of furan rings is 1. The van der Waals surface area contributed by atoms with E-state index in [-0.39, 0.29) is 0 Å². The molecule has 0 spiro atoms. The Bertz CT molecular complexity index is 455. The summed E-state index contributed by atoms with van der Waals surface area (Å²) in [6.45, 7) is 3.58. The van der Waals surface area contributed by atoms with Gasteiger partial charge in [0.15, 0.2) is 0 Å². The molecule has 0 atom stereocenters. The SMILES string of the molecule is c1coc(-c2ccc(N3CCOCC3)cc2)c1. The molecule has 1 fully saturated rings. The molecule has 0 radical (unpaired) electrons. The number of nitrogens with zero attached hydrogens (tertiary/aromatic N) is 1. The van der Waals surface area contributed by atoms with Crippen LogP contribution < -0.4 is 4.90 Å². The van der Waals surface area contributed by atoms with Crippen molar-refractivity contribution in [2.45, 2.75) is 0 Å². The van der Waals surface area contributed by atoms with Crippen LogP contribution in [0.25, 0.3) is 11.3 Å². The number of ether oxygens (including phenoxy) is 1. The lowest BCUT2D eigenvalue weighted by Gasteiger charge is -2.28. The summed E-state index contributed by atoms with van der Waals surface area (Å²) < 4.78 is 10.7. The minimum absolute atomic E-state index is 0.819. The second-order valence-electron chi connectivity index (χ2n) is 4.12. The van der Waals surface area contributed by atoms with Gasteiger partial charge in [0.05, 0.1) is 19.5 Å². The zero-order valence-corrected chi connectivity index (χ0v) is 9.63. The average molecular weight is 229 g/mol. The van der Waals surface area contributed by atoms with E-state index >= 15 is 0 Å². The van der Waals surface area contributed by atoms with Crippen molar-refractivity contribution in [3.63, 3.8) is 0 Å². The molecule has 0 aliphatic carbocycles. The lowest BCUT2D eigenvalue weighted by Crippen LogP contribution is -2.36. The van der Waals surface area contributed by atoms with Crippen molar-refractivity contribution in [2.24, 2.45) is 0 Å². The Hall–Kier alpha value is -1.74. The van der Waals surface area contributed by atoms with Crippen LogP contribution in [-0.2, 0) is 4.74 Å². The van der Waals surface area contributed by atoms with Crippen molar-refractivity contribution < 1.29 is 9.15 Å². The van der Waals surface area contributed by atoms with Crippen LogP contribution in [0.2, 0.25) is 0 Å². The number of rotatable bonds is 2. The molecule has 3 rings (SSSR count). The van der Waals surface area contributed by atoms with Crippen LogP contribution in [0.3, 0.4) is 0 Å². The second kappa shape index (κ2) is 4.63. The number of hydrogen-bond acceptors (Lipinski definition) is 3. The second-order valence-corrected chi connectivity index (χ2v) is 4.12. The monoisotopic (exact) mass is 229 g/mol. The first-order valence-electron chi connectivity index (χ1n) is 5.90. The van der Waals surface area contributed by atoms with E-state index in [9.17, 15) is 0 Å². The average Bonchev–Trinajstić information content (AvgIpc) is 2.94. The molecule has 17 heavy (non-hydrogen) atoms. The number of hydrogen-bond donors (Lipinski definition) is 0. The van der Waals surface area contributed by atoms with Crippen molar-refractivity contribution >= 4 is 5.69 Å². The van der Waals surface area contributed by atoms with Crippen molar-refractivity contribution in [1.29, 1.82) is 0 Å². The molecule has 1 aliphatic heterocycles. The lowest BCUT2D eigenvalue weighted by molar-refractivity contribution is 0.122. The summed E-state index contributed by atoms with van der Waals surface area (Å²) in [4.78, 5) is 2.34. The van der Waals surface area contributed by atoms with E-state index in [1.54, 1.807) is 6.26 Å². The summed E-state index contributed by atoms with van der Waals surface area (Å²) in [6, 6.07) is 12.4. The van der Waals surface area contributed by atoms with E-state index in [1.165, 1.54) is 5.69 Å². The van der Waals surface area contributed by atoms with Gasteiger partial charge >= 0.3 is 0 Å². The van der Waals surface area contributed by atoms with Crippen molar-refractivity contribution in [3.05, 3.63) is 42.7 Å². The van der Waals surface area contributed by atoms with Gasteiger partial charge in [-0.15, -0.1) is 0 Å². The summed E-state index contributed by atoms with van der Waals surface area (Å²) in [6.07, 6.45) is 1.70. The van der Waals surface area contributed by atoms with E-state index in [2.05, 4.69) is 29.2 Å². The summed E-state index contributed by atoms with van der Waals surface area (Å²) in [5.74, 6) is 0.915. The molecule has 1 saturated heterocycles. The van der Waals surface area contributed by atoms with Crippen LogP contribution in [-0.4, -0.2) is 26.3 Å². The highest BCUT2D eigenvalue weighted by molar-refractivity contribution is 5.61. The molecule has 3 nitrogen and oxygen atoms in total. The molecule has 0 unspecified atom stereocenters. The Morgan fingerprint density at radius 3 is 2.35 bits per heavy atom. The molecule has 88 valence electrons. The topological polar surface area (TPSA) is 25.6 Å². The van der Waals surface area contributed by atoms with Crippen LogP contribution in [0.1, 0.15) is 0 Å². The summed E-state index contributed by atoms with van der Waals surface area (Å²) in [7, 11) is 0. The highest BCUT2D eigenvalue weighted by Gasteiger charge is 2.11. The smallest absolute Gasteiger partial charge is 0.133 e. The number of morpholine rings is 1. The highest BCUT2D eigenvalue weighted by atomic mass is 16.5. The Kier molecular flexibility index (Phi) is 2.84. The van der Waals surface area contributed by atoms with E-state index in [4.69, 9.17) is 9.15 Å². The third-order valence-electron chi connectivity index (χ3n) is 3.05. The van der Waals surface area contributed by atoms with Crippen LogP contribution in [0.5, 0.6) is 0 Å². The fourth-order valence-electron chi connectivity index (χ4n) is 2.10. The fraction of sp³-hybridized carbons (Fsp3) is 0.286. The summed E-state index contributed by atoms with van der Waals surface area (Å²) in [5, 5.41) is 0. The first kappa shape index (κ1) is 10.4. The van der Waals surface area contributed by atoms with E-state index in [0.29, 0.717) is 0 Å². The van der Waals surface area contributed by atoms with Gasteiger partial charge in [-0.25, -0.2) is 0 Å². The van der Waals surface area contributed by atoms with E-state index in [1.807, 2.05) is 12.1 Å². The van der Waals surface area contributed by atoms with Crippen LogP contribution in [0.4, 0.5) is 5.69 Å². The zero-order chi connectivity index (χ0) is 11.5. The number of benzene rings is 1. The van der Waals surface area contributed by atoms with Crippen molar-refractivity contribution in [1.82, 2.24) is 0 Å². The quantitative estimate of drug-likeness (QED) is 0.791. The molecule has 0 N–H and O–H groups in total. The molecule has 3 heteroatoms. The van der Waals surface area contributed by atoms with Crippen LogP contribution >= 0.6 is 0 Å². The zero-order valence-electron chi connectivity index (χ0n) is 9.63. The predicted octanol–water partition coefficient (Wildman–Crippen LogP) is 2.78.